The summed E-state index contributed by atoms with van der Waals surface area (Å²) in [5.41, 5.74) is 0.602. The highest BCUT2D eigenvalue weighted by molar-refractivity contribution is 5.99. The van der Waals surface area contributed by atoms with E-state index in [4.69, 9.17) is 9.84 Å². The van der Waals surface area contributed by atoms with Gasteiger partial charge in [-0.25, -0.2) is 0 Å². The predicted octanol–water partition coefficient (Wildman–Crippen LogP) is 1.05. The molecular weight excluding hydrogens is 250 g/mol. The smallest absolute Gasteiger partial charge is 0.308 e. The number of aliphatic carboxylic acids is 1. The molecule has 0 spiro atoms. The molecule has 1 fully saturated rings. The Kier molecular flexibility index (Phi) is 3.50. The molecule has 0 radical (unpaired) electrons. The van der Waals surface area contributed by atoms with E-state index in [9.17, 15) is 14.4 Å². The molecule has 6 heteroatoms. The summed E-state index contributed by atoms with van der Waals surface area (Å²) in [4.78, 5) is 34.8. The fraction of sp³-hybridized carbons (Fsp3) is 0.308. The number of carbonyl (C=O) groups excluding carboxylic acids is 2. The molecule has 1 aliphatic heterocycles. The third-order valence-electron chi connectivity index (χ3n) is 2.88. The second-order valence-electron chi connectivity index (χ2n) is 4.33. The number of hydrogen-bond donors (Lipinski definition) is 1. The van der Waals surface area contributed by atoms with Crippen molar-refractivity contribution in [3.05, 3.63) is 24.3 Å². The summed E-state index contributed by atoms with van der Waals surface area (Å²) < 4.78 is 4.88. The van der Waals surface area contributed by atoms with Crippen LogP contribution in [-0.2, 0) is 14.4 Å². The van der Waals surface area contributed by atoms with Crippen LogP contribution in [-0.4, -0.2) is 29.5 Å². The largest absolute Gasteiger partial charge is 0.481 e. The second kappa shape index (κ2) is 5.09. The molecule has 1 saturated heterocycles. The highest BCUT2D eigenvalue weighted by Gasteiger charge is 2.34. The maximum Gasteiger partial charge on any atom is 0.308 e. The lowest BCUT2D eigenvalue weighted by atomic mass is 10.1. The van der Waals surface area contributed by atoms with E-state index in [1.54, 1.807) is 24.3 Å². The average molecular weight is 263 g/mol. The molecule has 1 aromatic carbocycles. The van der Waals surface area contributed by atoms with Crippen LogP contribution in [0, 0.1) is 5.92 Å². The average Bonchev–Trinajstić information content (AvgIpc) is 2.72. The fourth-order valence-electron chi connectivity index (χ4n) is 1.98. The molecule has 1 aromatic rings. The number of nitrogens with zero attached hydrogens (tertiary/aromatic N) is 1. The Labute approximate surface area is 109 Å². The van der Waals surface area contributed by atoms with E-state index < -0.39 is 17.9 Å². The Morgan fingerprint density at radius 1 is 1.32 bits per heavy atom. The summed E-state index contributed by atoms with van der Waals surface area (Å²) in [5, 5.41) is 8.90. The molecule has 1 heterocycles. The van der Waals surface area contributed by atoms with E-state index in [0.29, 0.717) is 11.4 Å². The number of carboxylic acid groups (broad SMARTS) is 1. The fourth-order valence-corrected chi connectivity index (χ4v) is 1.98. The number of rotatable bonds is 3. The van der Waals surface area contributed by atoms with Gasteiger partial charge in [-0.3, -0.25) is 14.4 Å². The number of anilines is 1. The second-order valence-corrected chi connectivity index (χ2v) is 4.33. The SMILES string of the molecule is CC(=O)Oc1ccc(N2CC(C(=O)O)CC2=O)cc1. The molecule has 2 rings (SSSR count). The maximum atomic E-state index is 11.7. The lowest BCUT2D eigenvalue weighted by Crippen LogP contribution is -2.25. The summed E-state index contributed by atoms with van der Waals surface area (Å²) >= 11 is 0. The van der Waals surface area contributed by atoms with E-state index in [-0.39, 0.29) is 18.9 Å². The minimum absolute atomic E-state index is 0.0149. The Morgan fingerprint density at radius 2 is 1.95 bits per heavy atom. The van der Waals surface area contributed by atoms with E-state index >= 15 is 0 Å². The zero-order valence-corrected chi connectivity index (χ0v) is 10.3. The van der Waals surface area contributed by atoms with Gasteiger partial charge in [-0.15, -0.1) is 0 Å². The number of esters is 1. The van der Waals surface area contributed by atoms with Crippen LogP contribution in [0.25, 0.3) is 0 Å². The lowest BCUT2D eigenvalue weighted by Gasteiger charge is -2.16. The summed E-state index contributed by atoms with van der Waals surface area (Å²) in [6.45, 7) is 1.47. The van der Waals surface area contributed by atoms with Crippen LogP contribution < -0.4 is 9.64 Å². The molecule has 0 aliphatic carbocycles. The number of benzene rings is 1. The van der Waals surface area contributed by atoms with Gasteiger partial charge < -0.3 is 14.7 Å². The first-order valence-electron chi connectivity index (χ1n) is 5.79. The highest BCUT2D eigenvalue weighted by Crippen LogP contribution is 2.26. The van der Waals surface area contributed by atoms with Gasteiger partial charge in [0.1, 0.15) is 5.75 Å². The first-order valence-corrected chi connectivity index (χ1v) is 5.79. The molecule has 1 aliphatic rings. The summed E-state index contributed by atoms with van der Waals surface area (Å²) in [5.74, 6) is -1.88. The summed E-state index contributed by atoms with van der Waals surface area (Å²) in [7, 11) is 0. The van der Waals surface area contributed by atoms with Crippen LogP contribution in [0.15, 0.2) is 24.3 Å². The normalized spacial score (nSPS) is 18.5. The topological polar surface area (TPSA) is 83.9 Å². The monoisotopic (exact) mass is 263 g/mol. The minimum atomic E-state index is -0.965. The Hall–Kier alpha value is -2.37. The first kappa shape index (κ1) is 13.1. The molecular formula is C13H13NO5. The predicted molar refractivity (Wildman–Crippen MR) is 65.8 cm³/mol. The number of carboxylic acids is 1. The molecule has 1 N–H and O–H groups in total. The van der Waals surface area contributed by atoms with Crippen LogP contribution in [0.4, 0.5) is 5.69 Å². The third kappa shape index (κ3) is 2.90. The first-order chi connectivity index (χ1) is 8.97. The molecule has 6 nitrogen and oxygen atoms in total. The Bertz CT molecular complexity index is 522. The van der Waals surface area contributed by atoms with Crippen molar-refractivity contribution in [2.24, 2.45) is 5.92 Å². The van der Waals surface area contributed by atoms with Crippen LogP contribution in [0.2, 0.25) is 0 Å². The van der Waals surface area contributed by atoms with Crippen molar-refractivity contribution in [1.82, 2.24) is 0 Å². The Morgan fingerprint density at radius 3 is 2.42 bits per heavy atom. The number of carbonyl (C=O) groups is 3. The van der Waals surface area contributed by atoms with Gasteiger partial charge >= 0.3 is 11.9 Å². The van der Waals surface area contributed by atoms with E-state index in [1.165, 1.54) is 11.8 Å². The van der Waals surface area contributed by atoms with Crippen molar-refractivity contribution in [3.63, 3.8) is 0 Å². The Balaban J connectivity index is 2.12. The van der Waals surface area contributed by atoms with Crippen LogP contribution in [0.1, 0.15) is 13.3 Å². The molecule has 0 bridgehead atoms. The zero-order valence-electron chi connectivity index (χ0n) is 10.3. The molecule has 19 heavy (non-hydrogen) atoms. The van der Waals surface area contributed by atoms with Crippen molar-refractivity contribution >= 4 is 23.5 Å². The van der Waals surface area contributed by atoms with Gasteiger partial charge in [0.25, 0.3) is 0 Å². The molecule has 0 saturated carbocycles. The summed E-state index contributed by atoms with van der Waals surface area (Å²) in [6, 6.07) is 6.39. The standard InChI is InChI=1S/C13H13NO5/c1-8(15)19-11-4-2-10(3-5-11)14-7-9(13(17)18)6-12(14)16/h2-5,9H,6-7H2,1H3,(H,17,18). The van der Waals surface area contributed by atoms with Gasteiger partial charge in [0, 0.05) is 25.6 Å². The van der Waals surface area contributed by atoms with Crippen LogP contribution in [0.5, 0.6) is 5.75 Å². The van der Waals surface area contributed by atoms with Gasteiger partial charge in [0.2, 0.25) is 5.91 Å². The maximum absolute atomic E-state index is 11.7. The van der Waals surface area contributed by atoms with E-state index in [2.05, 4.69) is 0 Å². The van der Waals surface area contributed by atoms with Gasteiger partial charge in [-0.2, -0.15) is 0 Å². The van der Waals surface area contributed by atoms with Crippen molar-refractivity contribution in [2.75, 3.05) is 11.4 Å². The zero-order chi connectivity index (χ0) is 14.0. The third-order valence-corrected chi connectivity index (χ3v) is 2.88. The lowest BCUT2D eigenvalue weighted by molar-refractivity contribution is -0.141. The van der Waals surface area contributed by atoms with Crippen molar-refractivity contribution in [3.8, 4) is 5.75 Å². The van der Waals surface area contributed by atoms with Gasteiger partial charge in [0.05, 0.1) is 5.92 Å². The van der Waals surface area contributed by atoms with Crippen molar-refractivity contribution in [1.29, 1.82) is 0 Å². The summed E-state index contributed by atoms with van der Waals surface area (Å²) in [6.07, 6.45) is 0.0149. The van der Waals surface area contributed by atoms with Crippen LogP contribution >= 0.6 is 0 Å². The molecule has 0 aromatic heterocycles. The van der Waals surface area contributed by atoms with E-state index in [0.717, 1.165) is 0 Å². The highest BCUT2D eigenvalue weighted by atomic mass is 16.5. The quantitative estimate of drug-likeness (QED) is 0.651. The van der Waals surface area contributed by atoms with Gasteiger partial charge in [0.15, 0.2) is 0 Å². The number of amides is 1. The van der Waals surface area contributed by atoms with Crippen LogP contribution in [0.3, 0.4) is 0 Å². The molecule has 1 amide bonds. The molecule has 100 valence electrons. The molecule has 1 unspecified atom stereocenters. The van der Waals surface area contributed by atoms with Gasteiger partial charge in [-0.05, 0) is 24.3 Å². The van der Waals surface area contributed by atoms with Crippen molar-refractivity contribution < 1.29 is 24.2 Å². The molecule has 1 atom stereocenters. The minimum Gasteiger partial charge on any atom is -0.481 e. The number of ether oxygens (including phenoxy) is 1. The van der Waals surface area contributed by atoms with E-state index in [1.807, 2.05) is 0 Å². The van der Waals surface area contributed by atoms with Gasteiger partial charge in [-0.1, -0.05) is 0 Å². The van der Waals surface area contributed by atoms with Crippen molar-refractivity contribution in [2.45, 2.75) is 13.3 Å². The number of hydrogen-bond acceptors (Lipinski definition) is 4.